The van der Waals surface area contributed by atoms with E-state index in [4.69, 9.17) is 9.98 Å². The van der Waals surface area contributed by atoms with Gasteiger partial charge in [0, 0.05) is 20.6 Å². The molecule has 0 fully saturated rings. The van der Waals surface area contributed by atoms with Gasteiger partial charge in [-0.05, 0) is 23.3 Å². The van der Waals surface area contributed by atoms with Crippen LogP contribution in [0.3, 0.4) is 0 Å². The van der Waals surface area contributed by atoms with Crippen molar-refractivity contribution in [3.63, 3.8) is 0 Å². The van der Waals surface area contributed by atoms with Gasteiger partial charge in [-0.2, -0.15) is 0 Å². The second kappa shape index (κ2) is 7.67. The van der Waals surface area contributed by atoms with Crippen LogP contribution in [-0.2, 0) is 10.8 Å². The SMILES string of the molecule is CC(C)(C1=NC(=C2N=CC(C(C)(C)c3ccccc3S)=N2)N=C1)c1ccccc1S. The smallest absolute Gasteiger partial charge is 0.198 e. The Labute approximate surface area is 188 Å². The number of hydrogen-bond donors (Lipinski definition) is 2. The molecular weight excluding hydrogens is 408 g/mol. The Kier molecular flexibility index (Phi) is 5.32. The standard InChI is InChI=1S/C24H24N4S2/c1-23(2,15-9-5-7-11-17(15)29)19-13-25-21(27-19)22-26-14-20(28-22)24(3,4)16-10-6-8-12-18(16)30/h5-14,29-30H,1-4H3. The predicted octanol–water partition coefficient (Wildman–Crippen LogP) is 5.70. The first-order valence-corrected chi connectivity index (χ1v) is 10.7. The summed E-state index contributed by atoms with van der Waals surface area (Å²) in [6, 6.07) is 16.1. The monoisotopic (exact) mass is 432 g/mol. The molecule has 2 aromatic rings. The topological polar surface area (TPSA) is 49.4 Å². The molecule has 4 rings (SSSR count). The second-order valence-electron chi connectivity index (χ2n) is 8.44. The van der Waals surface area contributed by atoms with Gasteiger partial charge in [0.1, 0.15) is 0 Å². The van der Waals surface area contributed by atoms with Crippen LogP contribution in [-0.4, -0.2) is 23.9 Å². The van der Waals surface area contributed by atoms with Crippen LogP contribution in [0, 0.1) is 0 Å². The molecule has 0 unspecified atom stereocenters. The molecule has 2 aliphatic heterocycles. The Morgan fingerprint density at radius 2 is 0.967 bits per heavy atom. The highest BCUT2D eigenvalue weighted by molar-refractivity contribution is 7.80. The number of benzene rings is 2. The Morgan fingerprint density at radius 1 is 0.600 bits per heavy atom. The Balaban J connectivity index is 1.68. The van der Waals surface area contributed by atoms with E-state index < -0.39 is 0 Å². The fourth-order valence-corrected chi connectivity index (χ4v) is 4.57. The summed E-state index contributed by atoms with van der Waals surface area (Å²) < 4.78 is 0. The van der Waals surface area contributed by atoms with E-state index in [1.54, 1.807) is 12.4 Å². The molecule has 0 saturated heterocycles. The quantitative estimate of drug-likeness (QED) is 0.583. The van der Waals surface area contributed by atoms with Gasteiger partial charge in [0.05, 0.1) is 23.9 Å². The number of thiol groups is 2. The number of hydrogen-bond acceptors (Lipinski definition) is 6. The molecular formula is C24H24N4S2. The normalized spacial score (nSPS) is 18.7. The summed E-state index contributed by atoms with van der Waals surface area (Å²) in [7, 11) is 0. The predicted molar refractivity (Wildman–Crippen MR) is 132 cm³/mol. The summed E-state index contributed by atoms with van der Waals surface area (Å²) in [5.41, 5.74) is 3.29. The maximum absolute atomic E-state index is 4.77. The zero-order valence-electron chi connectivity index (χ0n) is 17.5. The summed E-state index contributed by atoms with van der Waals surface area (Å²) in [6.45, 7) is 8.50. The van der Waals surface area contributed by atoms with Crippen LogP contribution in [0.4, 0.5) is 0 Å². The van der Waals surface area contributed by atoms with Gasteiger partial charge in [0.2, 0.25) is 0 Å². The van der Waals surface area contributed by atoms with Crippen molar-refractivity contribution in [2.24, 2.45) is 20.0 Å². The van der Waals surface area contributed by atoms with E-state index in [0.717, 1.165) is 32.3 Å². The van der Waals surface area contributed by atoms with Crippen LogP contribution in [0.2, 0.25) is 0 Å². The van der Waals surface area contributed by atoms with Crippen molar-refractivity contribution >= 4 is 49.1 Å². The van der Waals surface area contributed by atoms with Crippen molar-refractivity contribution in [1.82, 2.24) is 0 Å². The van der Waals surface area contributed by atoms with E-state index in [1.807, 2.05) is 36.4 Å². The van der Waals surface area contributed by atoms with Crippen molar-refractivity contribution in [2.45, 2.75) is 48.3 Å². The average molecular weight is 433 g/mol. The van der Waals surface area contributed by atoms with Crippen LogP contribution < -0.4 is 0 Å². The molecule has 30 heavy (non-hydrogen) atoms. The Morgan fingerprint density at radius 3 is 1.33 bits per heavy atom. The van der Waals surface area contributed by atoms with Gasteiger partial charge in [-0.25, -0.2) is 20.0 Å². The third-order valence-corrected chi connectivity index (χ3v) is 6.49. The molecule has 0 radical (unpaired) electrons. The minimum absolute atomic E-state index is 0.330. The van der Waals surface area contributed by atoms with E-state index >= 15 is 0 Å². The zero-order chi connectivity index (χ0) is 21.5. The van der Waals surface area contributed by atoms with E-state index in [0.29, 0.717) is 11.6 Å². The lowest BCUT2D eigenvalue weighted by Crippen LogP contribution is -2.29. The molecule has 0 aliphatic carbocycles. The fraction of sp³-hybridized carbons (Fsp3) is 0.250. The van der Waals surface area contributed by atoms with Crippen LogP contribution in [0.5, 0.6) is 0 Å². The Hall–Kier alpha value is -2.44. The Bertz CT molecular complexity index is 1080. The minimum atomic E-state index is -0.330. The molecule has 0 spiro atoms. The molecule has 0 saturated carbocycles. The minimum Gasteiger partial charge on any atom is -0.232 e. The zero-order valence-corrected chi connectivity index (χ0v) is 19.2. The fourth-order valence-electron chi connectivity index (χ4n) is 3.69. The summed E-state index contributed by atoms with van der Waals surface area (Å²) >= 11 is 9.23. The van der Waals surface area contributed by atoms with Gasteiger partial charge >= 0.3 is 0 Å². The lowest BCUT2D eigenvalue weighted by molar-refractivity contribution is 0.708. The molecule has 6 heteroatoms. The number of nitrogens with zero attached hydrogens (tertiary/aromatic N) is 4. The summed E-state index contributed by atoms with van der Waals surface area (Å²) in [5.74, 6) is 1.08. The van der Waals surface area contributed by atoms with Crippen LogP contribution in [0.25, 0.3) is 0 Å². The molecule has 0 amide bonds. The van der Waals surface area contributed by atoms with Gasteiger partial charge in [0.15, 0.2) is 11.6 Å². The molecule has 0 atom stereocenters. The van der Waals surface area contributed by atoms with Gasteiger partial charge in [0.25, 0.3) is 0 Å². The average Bonchev–Trinajstić information content (AvgIpc) is 3.38. The van der Waals surface area contributed by atoms with Crippen molar-refractivity contribution in [1.29, 1.82) is 0 Å². The van der Waals surface area contributed by atoms with Gasteiger partial charge in [-0.3, -0.25) is 0 Å². The van der Waals surface area contributed by atoms with Gasteiger partial charge in [-0.1, -0.05) is 64.1 Å². The summed E-state index contributed by atoms with van der Waals surface area (Å²) in [4.78, 5) is 20.4. The van der Waals surface area contributed by atoms with E-state index in [9.17, 15) is 0 Å². The second-order valence-corrected chi connectivity index (χ2v) is 9.41. The molecule has 152 valence electrons. The number of aliphatic imine (C=N–C) groups is 4. The highest BCUT2D eigenvalue weighted by Gasteiger charge is 2.33. The summed E-state index contributed by atoms with van der Waals surface area (Å²) in [5, 5.41) is 0. The van der Waals surface area contributed by atoms with Gasteiger partial charge in [-0.15, -0.1) is 25.3 Å². The maximum atomic E-state index is 4.77. The summed E-state index contributed by atoms with van der Waals surface area (Å²) in [6.07, 6.45) is 3.61. The largest absolute Gasteiger partial charge is 0.232 e. The molecule has 4 nitrogen and oxygen atoms in total. The van der Waals surface area contributed by atoms with Gasteiger partial charge < -0.3 is 0 Å². The first kappa shape index (κ1) is 20.8. The lowest BCUT2D eigenvalue weighted by Gasteiger charge is -2.25. The van der Waals surface area contributed by atoms with Crippen molar-refractivity contribution in [3.05, 3.63) is 71.3 Å². The van der Waals surface area contributed by atoms with Crippen molar-refractivity contribution in [2.75, 3.05) is 0 Å². The molecule has 0 bridgehead atoms. The van der Waals surface area contributed by atoms with Crippen molar-refractivity contribution < 1.29 is 0 Å². The lowest BCUT2D eigenvalue weighted by atomic mass is 9.80. The molecule has 2 heterocycles. The maximum Gasteiger partial charge on any atom is 0.198 e. The highest BCUT2D eigenvalue weighted by atomic mass is 32.1. The van der Waals surface area contributed by atoms with Crippen molar-refractivity contribution in [3.8, 4) is 0 Å². The third-order valence-electron chi connectivity index (χ3n) is 5.71. The van der Waals surface area contributed by atoms with Crippen LogP contribution >= 0.6 is 25.3 Å². The van der Waals surface area contributed by atoms with Crippen LogP contribution in [0.1, 0.15) is 38.8 Å². The molecule has 2 aromatic carbocycles. The van der Waals surface area contributed by atoms with Crippen LogP contribution in [0.15, 0.2) is 89.9 Å². The first-order valence-electron chi connectivity index (χ1n) is 9.79. The number of rotatable bonds is 4. The highest BCUT2D eigenvalue weighted by Crippen LogP contribution is 2.35. The van der Waals surface area contributed by atoms with E-state index in [1.165, 1.54) is 0 Å². The third kappa shape index (κ3) is 3.59. The molecule has 0 aromatic heterocycles. The first-order chi connectivity index (χ1) is 14.2. The molecule has 2 aliphatic rings. The van der Waals surface area contributed by atoms with E-state index in [-0.39, 0.29) is 10.8 Å². The van der Waals surface area contributed by atoms with E-state index in [2.05, 4.69) is 75.1 Å². The molecule has 0 N–H and O–H groups in total.